The van der Waals surface area contributed by atoms with E-state index in [0.29, 0.717) is 12.1 Å². The van der Waals surface area contributed by atoms with Gasteiger partial charge in [-0.05, 0) is 25.3 Å². The number of benzene rings is 1. The average Bonchev–Trinajstić information content (AvgIpc) is 2.91. The van der Waals surface area contributed by atoms with Gasteiger partial charge in [0.15, 0.2) is 6.61 Å². The predicted octanol–water partition coefficient (Wildman–Crippen LogP) is 2.25. The van der Waals surface area contributed by atoms with E-state index in [2.05, 4.69) is 5.32 Å². The minimum atomic E-state index is 0.0895. The standard InChI is InChI=1S/C15H20N2O2/c1-18-14-7-6-13(10-14)17-11-12-4-2-3-5-15(12)19-9-8-16/h2-5,13-14,17H,6-7,9-11H2,1H3. The molecule has 19 heavy (non-hydrogen) atoms. The lowest BCUT2D eigenvalue weighted by Crippen LogP contribution is -2.26. The molecule has 1 fully saturated rings. The molecule has 2 atom stereocenters. The van der Waals surface area contributed by atoms with Gasteiger partial charge in [-0.3, -0.25) is 0 Å². The Morgan fingerprint density at radius 3 is 2.95 bits per heavy atom. The topological polar surface area (TPSA) is 54.3 Å². The smallest absolute Gasteiger partial charge is 0.174 e. The number of para-hydroxylation sites is 1. The van der Waals surface area contributed by atoms with Crippen LogP contribution in [0.15, 0.2) is 24.3 Å². The molecule has 0 saturated heterocycles. The van der Waals surface area contributed by atoms with Crippen LogP contribution >= 0.6 is 0 Å². The minimum Gasteiger partial charge on any atom is -0.478 e. The Kier molecular flexibility index (Phi) is 5.20. The molecule has 0 heterocycles. The van der Waals surface area contributed by atoms with Gasteiger partial charge in [-0.15, -0.1) is 0 Å². The number of nitrogens with one attached hydrogen (secondary N) is 1. The summed E-state index contributed by atoms with van der Waals surface area (Å²) in [6.45, 7) is 0.856. The van der Waals surface area contributed by atoms with E-state index in [9.17, 15) is 0 Å². The molecule has 1 aromatic rings. The first-order valence-corrected chi connectivity index (χ1v) is 6.67. The lowest BCUT2D eigenvalue weighted by atomic mass is 10.1. The number of nitriles is 1. The van der Waals surface area contributed by atoms with E-state index in [-0.39, 0.29) is 6.61 Å². The molecule has 2 unspecified atom stereocenters. The molecule has 1 saturated carbocycles. The summed E-state index contributed by atoms with van der Waals surface area (Å²) in [4.78, 5) is 0. The fourth-order valence-corrected chi connectivity index (χ4v) is 2.49. The second-order valence-corrected chi connectivity index (χ2v) is 4.80. The van der Waals surface area contributed by atoms with Crippen LogP contribution in [-0.2, 0) is 11.3 Å². The van der Waals surface area contributed by atoms with E-state index in [1.165, 1.54) is 0 Å². The molecule has 1 aromatic carbocycles. The molecule has 102 valence electrons. The third kappa shape index (κ3) is 3.95. The van der Waals surface area contributed by atoms with Crippen molar-refractivity contribution < 1.29 is 9.47 Å². The Labute approximate surface area is 114 Å². The first kappa shape index (κ1) is 13.9. The van der Waals surface area contributed by atoms with Crippen LogP contribution in [0.25, 0.3) is 0 Å². The molecule has 0 aromatic heterocycles. The molecule has 0 bridgehead atoms. The van der Waals surface area contributed by atoms with Crippen LogP contribution < -0.4 is 10.1 Å². The molecule has 0 amide bonds. The Morgan fingerprint density at radius 1 is 1.37 bits per heavy atom. The molecule has 2 rings (SSSR count). The third-order valence-corrected chi connectivity index (χ3v) is 3.56. The van der Waals surface area contributed by atoms with Crippen molar-refractivity contribution >= 4 is 0 Å². The van der Waals surface area contributed by atoms with Crippen LogP contribution in [0.4, 0.5) is 0 Å². The quantitative estimate of drug-likeness (QED) is 0.852. The highest BCUT2D eigenvalue weighted by Crippen LogP contribution is 2.23. The van der Waals surface area contributed by atoms with Gasteiger partial charge in [-0.1, -0.05) is 18.2 Å². The van der Waals surface area contributed by atoms with E-state index in [1.54, 1.807) is 7.11 Å². The normalized spacial score (nSPS) is 22.1. The summed E-state index contributed by atoms with van der Waals surface area (Å²) in [5, 5.41) is 12.1. The van der Waals surface area contributed by atoms with Gasteiger partial charge in [0, 0.05) is 25.3 Å². The second-order valence-electron chi connectivity index (χ2n) is 4.80. The van der Waals surface area contributed by atoms with Crippen LogP contribution in [0.3, 0.4) is 0 Å². The third-order valence-electron chi connectivity index (χ3n) is 3.56. The highest BCUT2D eigenvalue weighted by molar-refractivity contribution is 5.33. The summed E-state index contributed by atoms with van der Waals surface area (Å²) in [6.07, 6.45) is 3.74. The summed E-state index contributed by atoms with van der Waals surface area (Å²) < 4.78 is 10.8. The molecule has 4 nitrogen and oxygen atoms in total. The predicted molar refractivity (Wildman–Crippen MR) is 72.8 cm³/mol. The lowest BCUT2D eigenvalue weighted by molar-refractivity contribution is 0.107. The maximum atomic E-state index is 8.57. The number of methoxy groups -OCH3 is 1. The van der Waals surface area contributed by atoms with E-state index < -0.39 is 0 Å². The van der Waals surface area contributed by atoms with Crippen molar-refractivity contribution in [2.45, 2.75) is 38.0 Å². The molecule has 1 aliphatic rings. The van der Waals surface area contributed by atoms with Gasteiger partial charge in [-0.2, -0.15) is 5.26 Å². The zero-order valence-corrected chi connectivity index (χ0v) is 11.3. The zero-order valence-electron chi connectivity index (χ0n) is 11.3. The van der Waals surface area contributed by atoms with Gasteiger partial charge in [0.25, 0.3) is 0 Å². The highest BCUT2D eigenvalue weighted by atomic mass is 16.5. The number of hydrogen-bond donors (Lipinski definition) is 1. The molecule has 1 N–H and O–H groups in total. The first-order valence-electron chi connectivity index (χ1n) is 6.67. The molecule has 1 aliphatic carbocycles. The molecule has 4 heteroatoms. The summed E-state index contributed by atoms with van der Waals surface area (Å²) >= 11 is 0. The van der Waals surface area contributed by atoms with Gasteiger partial charge >= 0.3 is 0 Å². The number of nitrogens with zero attached hydrogens (tertiary/aromatic N) is 1. The van der Waals surface area contributed by atoms with Gasteiger partial charge < -0.3 is 14.8 Å². The lowest BCUT2D eigenvalue weighted by Gasteiger charge is -2.15. The fraction of sp³-hybridized carbons (Fsp3) is 0.533. The van der Waals surface area contributed by atoms with Crippen molar-refractivity contribution in [1.82, 2.24) is 5.32 Å². The van der Waals surface area contributed by atoms with Crippen molar-refractivity contribution in [3.05, 3.63) is 29.8 Å². The van der Waals surface area contributed by atoms with E-state index >= 15 is 0 Å². The van der Waals surface area contributed by atoms with Crippen molar-refractivity contribution in [2.75, 3.05) is 13.7 Å². The monoisotopic (exact) mass is 260 g/mol. The van der Waals surface area contributed by atoms with E-state index in [0.717, 1.165) is 37.1 Å². The highest BCUT2D eigenvalue weighted by Gasteiger charge is 2.23. The van der Waals surface area contributed by atoms with Crippen LogP contribution in [0.2, 0.25) is 0 Å². The summed E-state index contributed by atoms with van der Waals surface area (Å²) in [5.74, 6) is 0.790. The van der Waals surface area contributed by atoms with Crippen LogP contribution in [0, 0.1) is 11.3 Å². The SMILES string of the molecule is COC1CCC(NCc2ccccc2OCC#N)C1. The number of rotatable bonds is 6. The Morgan fingerprint density at radius 2 is 2.21 bits per heavy atom. The number of hydrogen-bond acceptors (Lipinski definition) is 4. The van der Waals surface area contributed by atoms with Crippen LogP contribution in [-0.4, -0.2) is 25.9 Å². The van der Waals surface area contributed by atoms with Crippen LogP contribution in [0.5, 0.6) is 5.75 Å². The second kappa shape index (κ2) is 7.13. The molecular formula is C15H20N2O2. The summed E-state index contributed by atoms with van der Waals surface area (Å²) in [6, 6.07) is 10.3. The van der Waals surface area contributed by atoms with E-state index in [1.807, 2.05) is 30.3 Å². The largest absolute Gasteiger partial charge is 0.478 e. The van der Waals surface area contributed by atoms with Crippen molar-refractivity contribution in [2.24, 2.45) is 0 Å². The van der Waals surface area contributed by atoms with E-state index in [4.69, 9.17) is 14.7 Å². The summed E-state index contributed by atoms with van der Waals surface area (Å²) in [5.41, 5.74) is 1.10. The number of ether oxygens (including phenoxy) is 2. The van der Waals surface area contributed by atoms with Gasteiger partial charge in [0.1, 0.15) is 11.8 Å². The van der Waals surface area contributed by atoms with Crippen molar-refractivity contribution in [1.29, 1.82) is 5.26 Å². The maximum Gasteiger partial charge on any atom is 0.174 e. The zero-order chi connectivity index (χ0) is 13.5. The maximum absolute atomic E-state index is 8.57. The molecule has 0 radical (unpaired) electrons. The Bertz CT molecular complexity index is 442. The van der Waals surface area contributed by atoms with Crippen LogP contribution in [0.1, 0.15) is 24.8 Å². The van der Waals surface area contributed by atoms with Crippen molar-refractivity contribution in [3.63, 3.8) is 0 Å². The van der Waals surface area contributed by atoms with Gasteiger partial charge in [0.2, 0.25) is 0 Å². The summed E-state index contributed by atoms with van der Waals surface area (Å²) in [7, 11) is 1.78. The Hall–Kier alpha value is -1.57. The van der Waals surface area contributed by atoms with Gasteiger partial charge in [-0.25, -0.2) is 0 Å². The molecule has 0 spiro atoms. The average molecular weight is 260 g/mol. The van der Waals surface area contributed by atoms with Gasteiger partial charge in [0.05, 0.1) is 6.10 Å². The fourth-order valence-electron chi connectivity index (χ4n) is 2.49. The first-order chi connectivity index (χ1) is 9.33. The minimum absolute atomic E-state index is 0.0895. The molecule has 0 aliphatic heterocycles. The van der Waals surface area contributed by atoms with Crippen molar-refractivity contribution in [3.8, 4) is 11.8 Å². The molecular weight excluding hydrogens is 240 g/mol. The Balaban J connectivity index is 1.87.